The molecule has 1 aliphatic heterocycles. The third kappa shape index (κ3) is 2.68. The van der Waals surface area contributed by atoms with Crippen molar-refractivity contribution in [1.29, 1.82) is 0 Å². The van der Waals surface area contributed by atoms with Crippen LogP contribution in [0.25, 0.3) is 22.5 Å². The number of nitrogens with zero attached hydrogens (tertiary/aromatic N) is 4. The van der Waals surface area contributed by atoms with Crippen LogP contribution in [0.1, 0.15) is 11.4 Å². The van der Waals surface area contributed by atoms with E-state index in [1.165, 1.54) is 7.11 Å². The maximum Gasteiger partial charge on any atom is 0.417 e. The molecule has 1 aliphatic rings. The van der Waals surface area contributed by atoms with E-state index in [0.717, 1.165) is 12.3 Å². The summed E-state index contributed by atoms with van der Waals surface area (Å²) in [6.45, 7) is 0.501. The summed E-state index contributed by atoms with van der Waals surface area (Å²) >= 11 is 0. The van der Waals surface area contributed by atoms with E-state index < -0.39 is 11.7 Å². The van der Waals surface area contributed by atoms with Crippen LogP contribution in [-0.4, -0.2) is 33.3 Å². The molecule has 4 rings (SSSR count). The maximum atomic E-state index is 13.0. The van der Waals surface area contributed by atoms with Crippen molar-refractivity contribution in [2.75, 3.05) is 13.8 Å². The number of imidazole rings is 1. The normalized spacial score (nSPS) is 14.1. The molecule has 2 N–H and O–H groups in total. The Morgan fingerprint density at radius 3 is 2.65 bits per heavy atom. The number of aromatic nitrogens is 4. The first kappa shape index (κ1) is 16.2. The molecule has 0 spiro atoms. The van der Waals surface area contributed by atoms with E-state index in [2.05, 4.69) is 25.6 Å². The Morgan fingerprint density at radius 2 is 2.04 bits per heavy atom. The van der Waals surface area contributed by atoms with Crippen molar-refractivity contribution < 1.29 is 17.9 Å². The van der Waals surface area contributed by atoms with Gasteiger partial charge in [-0.15, -0.1) is 0 Å². The first-order valence-corrected chi connectivity index (χ1v) is 7.61. The first-order chi connectivity index (χ1) is 12.5. The number of rotatable bonds is 3. The number of halogens is 3. The third-order valence-electron chi connectivity index (χ3n) is 3.88. The Bertz CT molecular complexity index is 994. The van der Waals surface area contributed by atoms with Gasteiger partial charge < -0.3 is 15.4 Å². The molecule has 0 unspecified atom stereocenters. The van der Waals surface area contributed by atoms with Crippen LogP contribution in [0.5, 0.6) is 5.88 Å². The highest BCUT2D eigenvalue weighted by molar-refractivity contribution is 5.79. The summed E-state index contributed by atoms with van der Waals surface area (Å²) in [7, 11) is 1.50. The molecule has 7 nitrogen and oxygen atoms in total. The fourth-order valence-corrected chi connectivity index (χ4v) is 2.66. The molecule has 4 heterocycles. The molecule has 0 amide bonds. The lowest BCUT2D eigenvalue weighted by Gasteiger charge is -2.10. The Labute approximate surface area is 145 Å². The van der Waals surface area contributed by atoms with Gasteiger partial charge in [-0.25, -0.2) is 15.0 Å². The molecule has 0 radical (unpaired) electrons. The summed E-state index contributed by atoms with van der Waals surface area (Å²) in [6.07, 6.45) is -0.430. The van der Waals surface area contributed by atoms with E-state index in [0.29, 0.717) is 35.4 Å². The molecular weight excluding hydrogens is 349 g/mol. The lowest BCUT2D eigenvalue weighted by atomic mass is 10.2. The minimum Gasteiger partial charge on any atom is -0.481 e. The molecule has 0 aromatic carbocycles. The van der Waals surface area contributed by atoms with Gasteiger partial charge in [0.25, 0.3) is 0 Å². The van der Waals surface area contributed by atoms with Crippen LogP contribution in [0, 0.1) is 0 Å². The van der Waals surface area contributed by atoms with Crippen LogP contribution in [0.2, 0.25) is 0 Å². The number of fused-ring (bicyclic) bond motifs is 1. The van der Waals surface area contributed by atoms with E-state index in [1.807, 2.05) is 0 Å². The highest BCUT2D eigenvalue weighted by Gasteiger charge is 2.32. The molecular formula is C16H13F3N6O. The zero-order valence-electron chi connectivity index (χ0n) is 13.5. The molecule has 0 atom stereocenters. The van der Waals surface area contributed by atoms with Crippen molar-refractivity contribution in [2.24, 2.45) is 0 Å². The van der Waals surface area contributed by atoms with Gasteiger partial charge in [-0.05, 0) is 12.1 Å². The number of pyridine rings is 2. The average molecular weight is 362 g/mol. The molecule has 3 aromatic rings. The SMILES string of the molecule is COc1ccc(-n2c(C3=CNCN3)nc3cc(C(F)(F)F)cnc32)cn1. The van der Waals surface area contributed by atoms with Crippen molar-refractivity contribution in [3.63, 3.8) is 0 Å². The molecule has 0 fully saturated rings. The van der Waals surface area contributed by atoms with E-state index in [1.54, 1.807) is 29.1 Å². The monoisotopic (exact) mass is 362 g/mol. The van der Waals surface area contributed by atoms with E-state index in [-0.39, 0.29) is 5.52 Å². The van der Waals surface area contributed by atoms with Crippen LogP contribution in [-0.2, 0) is 6.18 Å². The van der Waals surface area contributed by atoms with E-state index >= 15 is 0 Å². The molecule has 3 aromatic heterocycles. The molecule has 0 bridgehead atoms. The number of methoxy groups -OCH3 is 1. The van der Waals surface area contributed by atoms with Gasteiger partial charge >= 0.3 is 6.18 Å². The topological polar surface area (TPSA) is 76.9 Å². The van der Waals surface area contributed by atoms with Gasteiger partial charge in [0.05, 0.1) is 36.9 Å². The van der Waals surface area contributed by atoms with Crippen LogP contribution >= 0.6 is 0 Å². The molecule has 26 heavy (non-hydrogen) atoms. The second-order valence-corrected chi connectivity index (χ2v) is 5.51. The van der Waals surface area contributed by atoms with Crippen molar-refractivity contribution in [1.82, 2.24) is 30.2 Å². The second-order valence-electron chi connectivity index (χ2n) is 5.51. The van der Waals surface area contributed by atoms with Gasteiger partial charge in [0.2, 0.25) is 5.88 Å². The standard InChI is InChI=1S/C16H13F3N6O/c1-26-13-3-2-10(6-21-13)25-14-11(4-9(5-22-14)16(17,18)19)24-15(25)12-7-20-8-23-12/h2-7,20,23H,8H2,1H3. The summed E-state index contributed by atoms with van der Waals surface area (Å²) in [5, 5.41) is 6.07. The Hall–Kier alpha value is -3.30. The highest BCUT2D eigenvalue weighted by Crippen LogP contribution is 2.32. The number of hydrogen-bond acceptors (Lipinski definition) is 6. The lowest BCUT2D eigenvalue weighted by molar-refractivity contribution is -0.137. The largest absolute Gasteiger partial charge is 0.481 e. The summed E-state index contributed by atoms with van der Waals surface area (Å²) in [5.41, 5.74) is 0.841. The summed E-state index contributed by atoms with van der Waals surface area (Å²) < 4.78 is 45.7. The fraction of sp³-hybridized carbons (Fsp3) is 0.188. The predicted octanol–water partition coefficient (Wildman–Crippen LogP) is 2.29. The number of alkyl halides is 3. The Morgan fingerprint density at radius 1 is 1.19 bits per heavy atom. The van der Waals surface area contributed by atoms with Crippen LogP contribution in [0.3, 0.4) is 0 Å². The number of nitrogens with one attached hydrogen (secondary N) is 2. The summed E-state index contributed by atoms with van der Waals surface area (Å²) in [5.74, 6) is 0.857. The molecule has 0 aliphatic carbocycles. The predicted molar refractivity (Wildman–Crippen MR) is 87.3 cm³/mol. The zero-order valence-corrected chi connectivity index (χ0v) is 13.5. The first-order valence-electron chi connectivity index (χ1n) is 7.61. The quantitative estimate of drug-likeness (QED) is 0.745. The molecule has 0 saturated heterocycles. The van der Waals surface area contributed by atoms with Crippen molar-refractivity contribution in [3.05, 3.63) is 48.2 Å². The van der Waals surface area contributed by atoms with E-state index in [9.17, 15) is 13.2 Å². The minimum atomic E-state index is -4.49. The maximum absolute atomic E-state index is 13.0. The molecule has 134 valence electrons. The minimum absolute atomic E-state index is 0.139. The van der Waals surface area contributed by atoms with Crippen molar-refractivity contribution >= 4 is 16.9 Å². The van der Waals surface area contributed by atoms with Crippen LogP contribution in [0.15, 0.2) is 36.8 Å². The van der Waals surface area contributed by atoms with E-state index in [4.69, 9.17) is 4.74 Å². The molecule has 10 heteroatoms. The van der Waals surface area contributed by atoms with Gasteiger partial charge in [0, 0.05) is 18.5 Å². The fourth-order valence-electron chi connectivity index (χ4n) is 2.66. The summed E-state index contributed by atoms with van der Waals surface area (Å²) in [6, 6.07) is 4.38. The van der Waals surface area contributed by atoms with Gasteiger partial charge in [-0.1, -0.05) is 0 Å². The molecule has 0 saturated carbocycles. The Balaban J connectivity index is 1.94. The number of ether oxygens (including phenoxy) is 1. The smallest absolute Gasteiger partial charge is 0.417 e. The zero-order chi connectivity index (χ0) is 18.3. The third-order valence-corrected chi connectivity index (χ3v) is 3.88. The van der Waals surface area contributed by atoms with Crippen molar-refractivity contribution in [3.8, 4) is 11.6 Å². The lowest BCUT2D eigenvalue weighted by Crippen LogP contribution is -2.15. The van der Waals surface area contributed by atoms with Crippen molar-refractivity contribution in [2.45, 2.75) is 6.18 Å². The van der Waals surface area contributed by atoms with Gasteiger partial charge in [0.1, 0.15) is 5.52 Å². The van der Waals surface area contributed by atoms with Gasteiger partial charge in [-0.2, -0.15) is 13.2 Å². The summed E-state index contributed by atoms with van der Waals surface area (Å²) in [4.78, 5) is 12.5. The second kappa shape index (κ2) is 5.90. The highest BCUT2D eigenvalue weighted by atomic mass is 19.4. The van der Waals surface area contributed by atoms with Gasteiger partial charge in [0.15, 0.2) is 11.5 Å². The number of hydrogen-bond donors (Lipinski definition) is 2. The van der Waals surface area contributed by atoms with Crippen LogP contribution < -0.4 is 15.4 Å². The van der Waals surface area contributed by atoms with Crippen LogP contribution in [0.4, 0.5) is 13.2 Å². The van der Waals surface area contributed by atoms with Gasteiger partial charge in [-0.3, -0.25) is 4.57 Å². The average Bonchev–Trinajstić information content (AvgIpc) is 3.28. The Kier molecular flexibility index (Phi) is 3.67.